The predicted molar refractivity (Wildman–Crippen MR) is 101 cm³/mol. The van der Waals surface area contributed by atoms with Gasteiger partial charge in [0.15, 0.2) is 0 Å². The van der Waals surface area contributed by atoms with E-state index in [4.69, 9.17) is 9.47 Å². The van der Waals surface area contributed by atoms with E-state index in [-0.39, 0.29) is 36.7 Å². The van der Waals surface area contributed by atoms with E-state index < -0.39 is 33.2 Å². The largest absolute Gasteiger partial charge is 0.534 e. The molecule has 1 aromatic rings. The monoisotopic (exact) mass is 468 g/mol. The smallest absolute Gasteiger partial charge is 0.444 e. The quantitative estimate of drug-likeness (QED) is 0.485. The van der Waals surface area contributed by atoms with Crippen molar-refractivity contribution in [2.45, 2.75) is 44.8 Å². The van der Waals surface area contributed by atoms with Crippen molar-refractivity contribution in [1.29, 1.82) is 0 Å². The zero-order valence-electron chi connectivity index (χ0n) is 17.2. The fourth-order valence-corrected chi connectivity index (χ4v) is 3.43. The SMILES string of the molecule is CC(C)(C)OC(=O)N1CCc2c(nc(N3CCOCC3)nc2OS(=O)(=O)C(F)(F)F)C1. The maximum atomic E-state index is 12.9. The van der Waals surface area contributed by atoms with Crippen molar-refractivity contribution in [3.63, 3.8) is 0 Å². The second-order valence-corrected chi connectivity index (χ2v) is 9.53. The number of anilines is 1. The van der Waals surface area contributed by atoms with Crippen LogP contribution in [0, 0.1) is 0 Å². The molecule has 0 radical (unpaired) electrons. The third-order valence-electron chi connectivity index (χ3n) is 4.43. The summed E-state index contributed by atoms with van der Waals surface area (Å²) < 4.78 is 76.8. The number of fused-ring (bicyclic) bond motifs is 1. The van der Waals surface area contributed by atoms with Gasteiger partial charge in [-0.25, -0.2) is 9.78 Å². The minimum atomic E-state index is -5.92. The highest BCUT2D eigenvalue weighted by Crippen LogP contribution is 2.33. The first-order valence-corrected chi connectivity index (χ1v) is 10.9. The maximum absolute atomic E-state index is 12.9. The van der Waals surface area contributed by atoms with Gasteiger partial charge in [0.05, 0.1) is 25.5 Å². The van der Waals surface area contributed by atoms with E-state index in [1.54, 1.807) is 25.7 Å². The molecule has 0 N–H and O–H groups in total. The van der Waals surface area contributed by atoms with Crippen molar-refractivity contribution >= 4 is 22.2 Å². The van der Waals surface area contributed by atoms with Crippen LogP contribution in [0.15, 0.2) is 0 Å². The molecule has 1 fully saturated rings. The van der Waals surface area contributed by atoms with E-state index in [2.05, 4.69) is 14.2 Å². The molecule has 10 nitrogen and oxygen atoms in total. The summed E-state index contributed by atoms with van der Waals surface area (Å²) in [6.07, 6.45) is -0.615. The molecule has 2 aliphatic rings. The van der Waals surface area contributed by atoms with Gasteiger partial charge in [0, 0.05) is 25.2 Å². The zero-order valence-corrected chi connectivity index (χ0v) is 18.0. The van der Waals surface area contributed by atoms with Gasteiger partial charge < -0.3 is 23.5 Å². The fraction of sp³-hybridized carbons (Fsp3) is 0.706. The van der Waals surface area contributed by atoms with Crippen molar-refractivity contribution < 1.29 is 40.0 Å². The Bertz CT molecular complexity index is 942. The van der Waals surface area contributed by atoms with Crippen molar-refractivity contribution in [3.8, 4) is 5.88 Å². The molecular weight excluding hydrogens is 445 g/mol. The lowest BCUT2D eigenvalue weighted by Gasteiger charge is -2.32. The minimum absolute atomic E-state index is 0.000429. The minimum Gasteiger partial charge on any atom is -0.444 e. The van der Waals surface area contributed by atoms with Crippen molar-refractivity contribution in [2.24, 2.45) is 0 Å². The van der Waals surface area contributed by atoms with Gasteiger partial charge in [-0.05, 0) is 27.2 Å². The molecule has 1 aromatic heterocycles. The molecular formula is C17H23F3N4O6S. The first-order chi connectivity index (χ1) is 14.3. The number of ether oxygens (including phenoxy) is 2. The number of amides is 1. The van der Waals surface area contributed by atoms with E-state index in [0.717, 1.165) is 0 Å². The molecule has 0 saturated carbocycles. The Kier molecular flexibility index (Phi) is 6.24. The van der Waals surface area contributed by atoms with Crippen molar-refractivity contribution in [2.75, 3.05) is 37.7 Å². The fourth-order valence-electron chi connectivity index (χ4n) is 2.99. The van der Waals surface area contributed by atoms with Crippen LogP contribution in [0.4, 0.5) is 23.9 Å². The molecule has 31 heavy (non-hydrogen) atoms. The molecule has 2 aliphatic heterocycles. The number of morpholine rings is 1. The summed E-state index contributed by atoms with van der Waals surface area (Å²) in [6, 6.07) is 0. The van der Waals surface area contributed by atoms with Crippen LogP contribution in [0.3, 0.4) is 0 Å². The molecule has 3 rings (SSSR count). The highest BCUT2D eigenvalue weighted by molar-refractivity contribution is 7.87. The van der Waals surface area contributed by atoms with E-state index in [1.807, 2.05) is 0 Å². The number of alkyl halides is 3. The van der Waals surface area contributed by atoms with Gasteiger partial charge in [0.1, 0.15) is 5.60 Å². The van der Waals surface area contributed by atoms with Gasteiger partial charge in [-0.15, -0.1) is 0 Å². The molecule has 3 heterocycles. The van der Waals surface area contributed by atoms with E-state index >= 15 is 0 Å². The van der Waals surface area contributed by atoms with Gasteiger partial charge in [0.25, 0.3) is 0 Å². The van der Waals surface area contributed by atoms with Crippen molar-refractivity contribution in [1.82, 2.24) is 14.9 Å². The Morgan fingerprint density at radius 2 is 1.74 bits per heavy atom. The topological polar surface area (TPSA) is 111 Å². The van der Waals surface area contributed by atoms with Gasteiger partial charge in [-0.2, -0.15) is 26.6 Å². The molecule has 1 amide bonds. The molecule has 0 atom stereocenters. The maximum Gasteiger partial charge on any atom is 0.534 e. The summed E-state index contributed by atoms with van der Waals surface area (Å²) >= 11 is 0. The third-order valence-corrected chi connectivity index (χ3v) is 5.38. The van der Waals surface area contributed by atoms with E-state index in [1.165, 1.54) is 4.90 Å². The summed E-state index contributed by atoms with van der Waals surface area (Å²) in [7, 11) is -5.92. The number of rotatable bonds is 3. The number of carbonyl (C=O) groups excluding carboxylic acids is 1. The van der Waals surface area contributed by atoms with Gasteiger partial charge in [-0.3, -0.25) is 0 Å². The average Bonchev–Trinajstić information content (AvgIpc) is 2.65. The zero-order chi connectivity index (χ0) is 23.0. The van der Waals surface area contributed by atoms with Crippen molar-refractivity contribution in [3.05, 3.63) is 11.3 Å². The van der Waals surface area contributed by atoms with Crippen LogP contribution in [-0.4, -0.2) is 73.3 Å². The molecule has 0 bridgehead atoms. The second kappa shape index (κ2) is 8.30. The van der Waals surface area contributed by atoms with E-state index in [9.17, 15) is 26.4 Å². The molecule has 0 unspecified atom stereocenters. The van der Waals surface area contributed by atoms with Crippen LogP contribution >= 0.6 is 0 Å². The Balaban J connectivity index is 1.97. The number of aromatic nitrogens is 2. The summed E-state index contributed by atoms with van der Waals surface area (Å²) in [4.78, 5) is 23.7. The van der Waals surface area contributed by atoms with E-state index in [0.29, 0.717) is 26.3 Å². The molecule has 1 saturated heterocycles. The number of halogens is 3. The lowest BCUT2D eigenvalue weighted by Crippen LogP contribution is -2.41. The number of hydrogen-bond donors (Lipinski definition) is 0. The van der Waals surface area contributed by atoms with Crippen LogP contribution in [0.2, 0.25) is 0 Å². The standard InChI is InChI=1S/C17H23F3N4O6S/c1-16(2,3)29-15(25)24-5-4-11-12(10-24)21-14(23-6-8-28-9-7-23)22-13(11)30-31(26,27)17(18,19)20/h4-10H2,1-3H3. The predicted octanol–water partition coefficient (Wildman–Crippen LogP) is 1.83. The Morgan fingerprint density at radius 3 is 2.32 bits per heavy atom. The molecule has 14 heteroatoms. The summed E-state index contributed by atoms with van der Waals surface area (Å²) in [6.45, 7) is 6.51. The Morgan fingerprint density at radius 1 is 1.10 bits per heavy atom. The molecule has 0 aromatic carbocycles. The van der Waals surface area contributed by atoms with Gasteiger partial charge in [-0.1, -0.05) is 0 Å². The first kappa shape index (κ1) is 23.3. The van der Waals surface area contributed by atoms with Crippen LogP contribution in [0.1, 0.15) is 32.0 Å². The average molecular weight is 468 g/mol. The highest BCUT2D eigenvalue weighted by Gasteiger charge is 2.49. The summed E-state index contributed by atoms with van der Waals surface area (Å²) in [5.74, 6) is -0.687. The van der Waals surface area contributed by atoms with Gasteiger partial charge >= 0.3 is 21.7 Å². The van der Waals surface area contributed by atoms with Crippen LogP contribution in [0.5, 0.6) is 5.88 Å². The second-order valence-electron chi connectivity index (χ2n) is 7.99. The molecule has 174 valence electrons. The number of hydrogen-bond acceptors (Lipinski definition) is 9. The lowest BCUT2D eigenvalue weighted by molar-refractivity contribution is -0.0501. The Labute approximate surface area is 177 Å². The first-order valence-electron chi connectivity index (χ1n) is 9.48. The third kappa shape index (κ3) is 5.47. The van der Waals surface area contributed by atoms with Gasteiger partial charge in [0.2, 0.25) is 11.8 Å². The summed E-state index contributed by atoms with van der Waals surface area (Å²) in [5, 5.41) is 0. The van der Waals surface area contributed by atoms with Crippen LogP contribution in [0.25, 0.3) is 0 Å². The summed E-state index contributed by atoms with van der Waals surface area (Å²) in [5.41, 5.74) is -6.05. The normalized spacial score (nSPS) is 17.9. The molecule has 0 spiro atoms. The number of nitrogens with zero attached hydrogens (tertiary/aromatic N) is 4. The Hall–Kier alpha value is -2.35. The molecule has 0 aliphatic carbocycles. The van der Waals surface area contributed by atoms with Crippen LogP contribution < -0.4 is 9.08 Å². The highest BCUT2D eigenvalue weighted by atomic mass is 32.2. The lowest BCUT2D eigenvalue weighted by atomic mass is 10.1. The van der Waals surface area contributed by atoms with Crippen LogP contribution in [-0.2, 0) is 32.6 Å². The number of carbonyl (C=O) groups is 1.